The molecule has 8 heteroatoms. The quantitative estimate of drug-likeness (QED) is 0.581. The lowest BCUT2D eigenvalue weighted by Gasteiger charge is -2.14. The first kappa shape index (κ1) is 19.2. The highest BCUT2D eigenvalue weighted by atomic mass is 32.2. The van der Waals surface area contributed by atoms with E-state index in [0.717, 1.165) is 11.3 Å². The minimum absolute atomic E-state index is 0.0661. The molecule has 3 aromatic rings. The van der Waals surface area contributed by atoms with E-state index in [1.165, 1.54) is 23.1 Å². The Labute approximate surface area is 176 Å². The number of hydrogen-bond acceptors (Lipinski definition) is 7. The van der Waals surface area contributed by atoms with E-state index in [9.17, 15) is 9.90 Å². The summed E-state index contributed by atoms with van der Waals surface area (Å²) in [5.41, 5.74) is 1.50. The fourth-order valence-electron chi connectivity index (χ4n) is 2.75. The molecule has 0 radical (unpaired) electrons. The summed E-state index contributed by atoms with van der Waals surface area (Å²) < 4.78 is 5.44. The van der Waals surface area contributed by atoms with Crippen molar-refractivity contribution < 1.29 is 14.6 Å². The highest BCUT2D eigenvalue weighted by Gasteiger charge is 2.35. The fourth-order valence-corrected chi connectivity index (χ4v) is 4.29. The Hall–Kier alpha value is -3.10. The number of thioether (sulfide) groups is 1. The van der Waals surface area contributed by atoms with Crippen LogP contribution in [0.2, 0.25) is 0 Å². The number of thiazole rings is 1. The number of nitrogens with zero attached hydrogens (tertiary/aromatic N) is 3. The number of amides is 1. The van der Waals surface area contributed by atoms with E-state index in [2.05, 4.69) is 9.98 Å². The van der Waals surface area contributed by atoms with Crippen LogP contribution in [0.3, 0.4) is 0 Å². The summed E-state index contributed by atoms with van der Waals surface area (Å²) in [5.74, 6) is 0.285. The second-order valence-corrected chi connectivity index (χ2v) is 7.84. The van der Waals surface area contributed by atoms with Crippen molar-refractivity contribution in [2.45, 2.75) is 6.92 Å². The van der Waals surface area contributed by atoms with Crippen molar-refractivity contribution in [2.75, 3.05) is 11.5 Å². The summed E-state index contributed by atoms with van der Waals surface area (Å²) in [6.07, 6.45) is 3.45. The number of hydrogen-bond donors (Lipinski definition) is 1. The van der Waals surface area contributed by atoms with Crippen LogP contribution in [0.4, 0.5) is 10.8 Å². The van der Waals surface area contributed by atoms with Crippen LogP contribution in [-0.2, 0) is 4.79 Å². The van der Waals surface area contributed by atoms with Gasteiger partial charge >= 0.3 is 0 Å². The molecule has 0 saturated carbocycles. The van der Waals surface area contributed by atoms with E-state index in [1.807, 2.05) is 42.6 Å². The number of benzene rings is 2. The number of rotatable bonds is 5. The molecule has 1 saturated heterocycles. The number of aliphatic imine (C=N–C) groups is 1. The maximum Gasteiger partial charge on any atom is 0.271 e. The lowest BCUT2D eigenvalue weighted by molar-refractivity contribution is -0.113. The minimum Gasteiger partial charge on any atom is -0.504 e. The average Bonchev–Trinajstić information content (AvgIpc) is 3.34. The molecule has 1 N–H and O–H groups in total. The lowest BCUT2D eigenvalue weighted by atomic mass is 10.2. The fraction of sp³-hybridized carbons (Fsp3) is 0.0952. The molecule has 29 heavy (non-hydrogen) atoms. The number of phenolic OH excluding ortho intramolecular Hbond substituents is 1. The van der Waals surface area contributed by atoms with Gasteiger partial charge in [0.05, 0.1) is 17.2 Å². The van der Waals surface area contributed by atoms with Crippen molar-refractivity contribution in [2.24, 2.45) is 4.99 Å². The minimum atomic E-state index is -0.164. The third-order valence-electron chi connectivity index (χ3n) is 4.01. The molecule has 6 nitrogen and oxygen atoms in total. The second kappa shape index (κ2) is 8.50. The molecule has 0 atom stereocenters. The molecule has 0 aliphatic carbocycles. The Morgan fingerprint density at radius 2 is 2.07 bits per heavy atom. The van der Waals surface area contributed by atoms with Crippen LogP contribution in [-0.4, -0.2) is 27.8 Å². The van der Waals surface area contributed by atoms with Crippen LogP contribution in [0.1, 0.15) is 12.5 Å². The third-order valence-corrected chi connectivity index (χ3v) is 5.65. The Morgan fingerprint density at radius 1 is 1.24 bits per heavy atom. The molecule has 1 aliphatic heterocycles. The average molecular weight is 424 g/mol. The van der Waals surface area contributed by atoms with E-state index < -0.39 is 0 Å². The summed E-state index contributed by atoms with van der Waals surface area (Å²) in [5, 5.41) is 12.9. The Kier molecular flexibility index (Phi) is 5.64. The molecule has 0 spiro atoms. The van der Waals surface area contributed by atoms with Gasteiger partial charge in [0.25, 0.3) is 5.91 Å². The van der Waals surface area contributed by atoms with E-state index in [4.69, 9.17) is 4.74 Å². The summed E-state index contributed by atoms with van der Waals surface area (Å²) in [4.78, 5) is 24.1. The normalized spacial score (nSPS) is 16.7. The van der Waals surface area contributed by atoms with Crippen molar-refractivity contribution >= 4 is 51.1 Å². The van der Waals surface area contributed by atoms with E-state index >= 15 is 0 Å². The molecule has 0 unspecified atom stereocenters. The van der Waals surface area contributed by atoms with Gasteiger partial charge in [-0.15, -0.1) is 11.3 Å². The van der Waals surface area contributed by atoms with Gasteiger partial charge in [0, 0.05) is 11.6 Å². The molecule has 1 amide bonds. The zero-order valence-corrected chi connectivity index (χ0v) is 17.1. The number of amidine groups is 1. The Balaban J connectivity index is 1.73. The number of carbonyl (C=O) groups is 1. The monoisotopic (exact) mass is 423 g/mol. The number of aromatic nitrogens is 1. The SMILES string of the molecule is CCOc1cc(/C=C2\S/C(=N/c3nccs3)N(c3ccccc3)C2=O)ccc1O. The zero-order chi connectivity index (χ0) is 20.2. The molecular weight excluding hydrogens is 406 g/mol. The molecule has 1 aromatic heterocycles. The maximum atomic E-state index is 13.2. The third kappa shape index (κ3) is 4.18. The molecule has 2 aromatic carbocycles. The largest absolute Gasteiger partial charge is 0.504 e. The van der Waals surface area contributed by atoms with E-state index in [0.29, 0.717) is 27.6 Å². The molecule has 146 valence electrons. The summed E-state index contributed by atoms with van der Waals surface area (Å²) in [7, 11) is 0. The first-order valence-corrected chi connectivity index (χ1v) is 10.6. The van der Waals surface area contributed by atoms with Gasteiger partial charge in [0.1, 0.15) is 0 Å². The highest BCUT2D eigenvalue weighted by Crippen LogP contribution is 2.38. The molecular formula is C21H17N3O3S2. The summed E-state index contributed by atoms with van der Waals surface area (Å²) in [6, 6.07) is 14.4. The van der Waals surface area contributed by atoms with Gasteiger partial charge in [-0.1, -0.05) is 24.3 Å². The Bertz CT molecular complexity index is 1080. The van der Waals surface area contributed by atoms with Gasteiger partial charge in [-0.2, -0.15) is 4.99 Å². The maximum absolute atomic E-state index is 13.2. The van der Waals surface area contributed by atoms with Crippen molar-refractivity contribution in [1.29, 1.82) is 0 Å². The van der Waals surface area contributed by atoms with Gasteiger partial charge in [-0.25, -0.2) is 4.98 Å². The van der Waals surface area contributed by atoms with Crippen molar-refractivity contribution in [3.63, 3.8) is 0 Å². The zero-order valence-electron chi connectivity index (χ0n) is 15.5. The molecule has 4 rings (SSSR count). The van der Waals surface area contributed by atoms with E-state index in [1.54, 1.807) is 35.4 Å². The lowest BCUT2D eigenvalue weighted by Crippen LogP contribution is -2.28. The van der Waals surface area contributed by atoms with Gasteiger partial charge in [-0.05, 0) is 54.6 Å². The number of phenols is 1. The van der Waals surface area contributed by atoms with Gasteiger partial charge in [0.2, 0.25) is 5.13 Å². The van der Waals surface area contributed by atoms with Gasteiger partial charge in [0.15, 0.2) is 16.7 Å². The molecule has 1 fully saturated rings. The topological polar surface area (TPSA) is 75.0 Å². The van der Waals surface area contributed by atoms with Crippen LogP contribution in [0.5, 0.6) is 11.5 Å². The number of aromatic hydroxyl groups is 1. The predicted octanol–water partition coefficient (Wildman–Crippen LogP) is 5.06. The van der Waals surface area contributed by atoms with E-state index in [-0.39, 0.29) is 11.7 Å². The van der Waals surface area contributed by atoms with Crippen molar-refractivity contribution in [3.8, 4) is 11.5 Å². The smallest absolute Gasteiger partial charge is 0.271 e. The van der Waals surface area contributed by atoms with Crippen LogP contribution >= 0.6 is 23.1 Å². The van der Waals surface area contributed by atoms with Crippen LogP contribution in [0.15, 0.2) is 70.0 Å². The number of anilines is 1. The second-order valence-electron chi connectivity index (χ2n) is 5.96. The van der Waals surface area contributed by atoms with Crippen LogP contribution in [0.25, 0.3) is 6.08 Å². The first-order valence-electron chi connectivity index (χ1n) is 8.88. The number of para-hydroxylation sites is 1. The highest BCUT2D eigenvalue weighted by molar-refractivity contribution is 8.19. The first-order chi connectivity index (χ1) is 14.2. The molecule has 0 bridgehead atoms. The molecule has 2 heterocycles. The summed E-state index contributed by atoms with van der Waals surface area (Å²) >= 11 is 2.70. The van der Waals surface area contributed by atoms with Crippen LogP contribution in [0, 0.1) is 0 Å². The van der Waals surface area contributed by atoms with Gasteiger partial charge in [-0.3, -0.25) is 9.69 Å². The number of ether oxygens (including phenoxy) is 1. The molecule has 1 aliphatic rings. The number of carbonyl (C=O) groups excluding carboxylic acids is 1. The van der Waals surface area contributed by atoms with Gasteiger partial charge < -0.3 is 9.84 Å². The Morgan fingerprint density at radius 3 is 2.79 bits per heavy atom. The standard InChI is InChI=1S/C21H17N3O3S2/c1-2-27-17-12-14(8-9-16(17)25)13-18-19(26)24(15-6-4-3-5-7-15)21(29-18)23-20-22-10-11-28-20/h3-13,25H,2H2,1H3/b18-13-,23-21+. The van der Waals surface area contributed by atoms with Crippen LogP contribution < -0.4 is 9.64 Å². The predicted molar refractivity (Wildman–Crippen MR) is 118 cm³/mol. The van der Waals surface area contributed by atoms with Crippen molar-refractivity contribution in [1.82, 2.24) is 4.98 Å². The summed E-state index contributed by atoms with van der Waals surface area (Å²) in [6.45, 7) is 2.29. The van der Waals surface area contributed by atoms with Crippen molar-refractivity contribution in [3.05, 3.63) is 70.6 Å².